The molecule has 2 heterocycles. The number of aromatic carboxylic acids is 1. The molecule has 2 aromatic rings. The predicted molar refractivity (Wildman–Crippen MR) is 83.5 cm³/mol. The second-order valence-corrected chi connectivity index (χ2v) is 8.08. The number of carbonyl (C=O) groups is 1. The number of carboxylic acids is 1. The van der Waals surface area contributed by atoms with Crippen molar-refractivity contribution < 1.29 is 18.3 Å². The molecule has 0 radical (unpaired) electrons. The number of hydrogen-bond donors (Lipinski definition) is 2. The zero-order chi connectivity index (χ0) is 15.8. The molecule has 0 aliphatic carbocycles. The third-order valence-electron chi connectivity index (χ3n) is 2.65. The monoisotopic (exact) mass is 390 g/mol. The van der Waals surface area contributed by atoms with Crippen LogP contribution in [0.5, 0.6) is 0 Å². The number of carboxylic acid groups (broad SMARTS) is 1. The fraction of sp³-hybridized carbons (Fsp3) is 0.167. The lowest BCUT2D eigenvalue weighted by Crippen LogP contribution is -2.15. The van der Waals surface area contributed by atoms with E-state index in [0.29, 0.717) is 10.4 Å². The molecule has 0 spiro atoms. The minimum atomic E-state index is -3.87. The Morgan fingerprint density at radius 2 is 2.05 bits per heavy atom. The normalized spacial score (nSPS) is 11.4. The summed E-state index contributed by atoms with van der Waals surface area (Å²) in [7, 11) is -3.87. The van der Waals surface area contributed by atoms with Crippen LogP contribution >= 0.6 is 27.3 Å². The minimum absolute atomic E-state index is 0.0200. The first-order valence-electron chi connectivity index (χ1n) is 5.69. The van der Waals surface area contributed by atoms with Crippen LogP contribution in [0.1, 0.15) is 20.1 Å². The summed E-state index contributed by atoms with van der Waals surface area (Å²) in [5, 5.41) is 8.93. The van der Waals surface area contributed by atoms with E-state index < -0.39 is 16.0 Å². The minimum Gasteiger partial charge on any atom is -0.477 e. The molecular weight excluding hydrogens is 380 g/mol. The summed E-state index contributed by atoms with van der Waals surface area (Å²) < 4.78 is 27.8. The Kier molecular flexibility index (Phi) is 4.35. The van der Waals surface area contributed by atoms with E-state index in [0.717, 1.165) is 21.9 Å². The molecule has 2 N–H and O–H groups in total. The molecule has 0 aromatic carbocycles. The Labute approximate surface area is 134 Å². The highest BCUT2D eigenvalue weighted by Gasteiger charge is 2.23. The van der Waals surface area contributed by atoms with Gasteiger partial charge in [0.05, 0.1) is 0 Å². The molecule has 0 atom stereocenters. The van der Waals surface area contributed by atoms with Gasteiger partial charge in [-0.2, -0.15) is 0 Å². The van der Waals surface area contributed by atoms with E-state index >= 15 is 0 Å². The van der Waals surface area contributed by atoms with Crippen LogP contribution in [0.15, 0.2) is 27.7 Å². The van der Waals surface area contributed by atoms with Crippen molar-refractivity contribution >= 4 is 49.1 Å². The Morgan fingerprint density at radius 3 is 2.57 bits per heavy atom. The van der Waals surface area contributed by atoms with Crippen LogP contribution in [0, 0.1) is 13.8 Å². The largest absolute Gasteiger partial charge is 0.477 e. The van der Waals surface area contributed by atoms with Crippen molar-refractivity contribution in [3.05, 3.63) is 38.1 Å². The first-order valence-corrected chi connectivity index (χ1v) is 8.78. The second-order valence-electron chi connectivity index (χ2n) is 4.26. The number of nitrogens with one attached hydrogen (secondary N) is 1. The summed E-state index contributed by atoms with van der Waals surface area (Å²) >= 11 is 4.17. The number of rotatable bonds is 4. The number of pyridine rings is 1. The molecule has 0 amide bonds. The highest BCUT2D eigenvalue weighted by molar-refractivity contribution is 9.10. The maximum atomic E-state index is 12.3. The summed E-state index contributed by atoms with van der Waals surface area (Å²) in [6.07, 6.45) is 1.48. The highest BCUT2D eigenvalue weighted by Crippen LogP contribution is 2.28. The number of thiophene rings is 1. The third-order valence-corrected chi connectivity index (χ3v) is 5.71. The van der Waals surface area contributed by atoms with E-state index in [9.17, 15) is 13.2 Å². The summed E-state index contributed by atoms with van der Waals surface area (Å²) in [5.41, 5.74) is 0.652. The lowest BCUT2D eigenvalue weighted by Gasteiger charge is -2.09. The van der Waals surface area contributed by atoms with Gasteiger partial charge in [0.1, 0.15) is 15.6 Å². The van der Waals surface area contributed by atoms with Crippen molar-refractivity contribution in [1.29, 1.82) is 0 Å². The van der Waals surface area contributed by atoms with Crippen LogP contribution in [-0.2, 0) is 10.0 Å². The van der Waals surface area contributed by atoms with Crippen LogP contribution in [-0.4, -0.2) is 24.5 Å². The molecule has 21 heavy (non-hydrogen) atoms. The van der Waals surface area contributed by atoms with Crippen LogP contribution in [0.25, 0.3) is 0 Å². The van der Waals surface area contributed by atoms with E-state index in [1.807, 2.05) is 0 Å². The van der Waals surface area contributed by atoms with E-state index in [1.54, 1.807) is 19.9 Å². The number of sulfonamides is 1. The maximum absolute atomic E-state index is 12.3. The molecule has 0 bridgehead atoms. The molecule has 0 saturated heterocycles. The predicted octanol–water partition coefficient (Wildman–Crippen LogP) is 3.02. The van der Waals surface area contributed by atoms with E-state index in [1.165, 1.54) is 6.20 Å². The van der Waals surface area contributed by atoms with Crippen LogP contribution in [0.3, 0.4) is 0 Å². The number of aryl methyl sites for hydroxylation is 2. The molecule has 0 aliphatic heterocycles. The molecular formula is C12H11BrN2O4S2. The van der Waals surface area contributed by atoms with Gasteiger partial charge in [0.15, 0.2) is 0 Å². The van der Waals surface area contributed by atoms with Gasteiger partial charge in [0.2, 0.25) is 0 Å². The summed E-state index contributed by atoms with van der Waals surface area (Å²) in [6, 6.07) is 2.88. The fourth-order valence-corrected chi connectivity index (χ4v) is 4.62. The van der Waals surface area contributed by atoms with Gasteiger partial charge in [-0.25, -0.2) is 18.2 Å². The molecule has 6 nitrogen and oxygen atoms in total. The van der Waals surface area contributed by atoms with Crippen LogP contribution < -0.4 is 4.72 Å². The van der Waals surface area contributed by atoms with Crippen molar-refractivity contribution in [2.45, 2.75) is 18.7 Å². The molecule has 0 fully saturated rings. The Morgan fingerprint density at radius 1 is 1.38 bits per heavy atom. The van der Waals surface area contributed by atoms with Crippen molar-refractivity contribution in [1.82, 2.24) is 4.98 Å². The first-order chi connectivity index (χ1) is 9.70. The SMILES string of the molecule is Cc1cc(Br)cnc1NS(=O)(=O)c1cc(C(=O)O)sc1C. The maximum Gasteiger partial charge on any atom is 0.345 e. The van der Waals surface area contributed by atoms with Gasteiger partial charge >= 0.3 is 5.97 Å². The smallest absolute Gasteiger partial charge is 0.345 e. The van der Waals surface area contributed by atoms with Gasteiger partial charge in [0, 0.05) is 15.5 Å². The summed E-state index contributed by atoms with van der Waals surface area (Å²) in [5.74, 6) is -0.942. The molecule has 2 rings (SSSR count). The summed E-state index contributed by atoms with van der Waals surface area (Å²) in [4.78, 5) is 15.3. The number of halogens is 1. The highest BCUT2D eigenvalue weighted by atomic mass is 79.9. The van der Waals surface area contributed by atoms with E-state index in [-0.39, 0.29) is 15.6 Å². The van der Waals surface area contributed by atoms with Gasteiger partial charge < -0.3 is 5.11 Å². The van der Waals surface area contributed by atoms with Crippen LogP contribution in [0.4, 0.5) is 5.82 Å². The quantitative estimate of drug-likeness (QED) is 0.835. The average molecular weight is 391 g/mol. The Hall–Kier alpha value is -1.45. The van der Waals surface area contributed by atoms with Crippen LogP contribution in [0.2, 0.25) is 0 Å². The fourth-order valence-electron chi connectivity index (χ4n) is 1.67. The molecule has 112 valence electrons. The van der Waals surface area contributed by atoms with Crippen molar-refractivity contribution in [3.8, 4) is 0 Å². The van der Waals surface area contributed by atoms with Gasteiger partial charge in [-0.1, -0.05) is 0 Å². The van der Waals surface area contributed by atoms with Gasteiger partial charge in [-0.15, -0.1) is 11.3 Å². The molecule has 9 heteroatoms. The number of hydrogen-bond acceptors (Lipinski definition) is 5. The third kappa shape index (κ3) is 3.42. The molecule has 0 unspecified atom stereocenters. The van der Waals surface area contributed by atoms with E-state index in [2.05, 4.69) is 25.6 Å². The molecule has 0 aliphatic rings. The second kappa shape index (κ2) is 5.74. The van der Waals surface area contributed by atoms with Crippen molar-refractivity contribution in [2.75, 3.05) is 4.72 Å². The molecule has 2 aromatic heterocycles. The number of aromatic nitrogens is 1. The lowest BCUT2D eigenvalue weighted by atomic mass is 10.3. The van der Waals surface area contributed by atoms with Crippen molar-refractivity contribution in [3.63, 3.8) is 0 Å². The van der Waals surface area contributed by atoms with Gasteiger partial charge in [-0.05, 0) is 47.5 Å². The standard InChI is InChI=1S/C12H11BrN2O4S2/c1-6-3-8(13)5-14-11(6)15-21(18,19)10-4-9(12(16)17)20-7(10)2/h3-5H,1-2H3,(H,14,15)(H,16,17). The summed E-state index contributed by atoms with van der Waals surface area (Å²) in [6.45, 7) is 3.28. The zero-order valence-corrected chi connectivity index (χ0v) is 14.3. The van der Waals surface area contributed by atoms with Crippen molar-refractivity contribution in [2.24, 2.45) is 0 Å². The Balaban J connectivity index is 2.41. The van der Waals surface area contributed by atoms with E-state index in [4.69, 9.17) is 5.11 Å². The Bertz CT molecular complexity index is 815. The first kappa shape index (κ1) is 15.9. The average Bonchev–Trinajstić information content (AvgIpc) is 2.76. The number of anilines is 1. The van der Waals surface area contributed by atoms with Gasteiger partial charge in [0.25, 0.3) is 10.0 Å². The zero-order valence-electron chi connectivity index (χ0n) is 11.0. The molecule has 0 saturated carbocycles. The topological polar surface area (TPSA) is 96.4 Å². The lowest BCUT2D eigenvalue weighted by molar-refractivity contribution is 0.0702. The van der Waals surface area contributed by atoms with Gasteiger partial charge in [-0.3, -0.25) is 4.72 Å². The number of nitrogens with zero attached hydrogens (tertiary/aromatic N) is 1.